The van der Waals surface area contributed by atoms with E-state index in [9.17, 15) is 18.0 Å². The molecule has 1 aliphatic heterocycles. The molecule has 1 heterocycles. The molecule has 0 radical (unpaired) electrons. The van der Waals surface area contributed by atoms with Crippen LogP contribution < -0.4 is 5.32 Å². The lowest BCUT2D eigenvalue weighted by Crippen LogP contribution is -2.45. The predicted molar refractivity (Wildman–Crippen MR) is 70.2 cm³/mol. The fourth-order valence-corrected chi connectivity index (χ4v) is 4.16. The molecule has 2 fully saturated rings. The summed E-state index contributed by atoms with van der Waals surface area (Å²) in [5.41, 5.74) is 0. The predicted octanol–water partition coefficient (Wildman–Crippen LogP) is -0.452. The van der Waals surface area contributed by atoms with Crippen LogP contribution >= 0.6 is 0 Å². The molecule has 7 heteroatoms. The molecule has 0 aromatic heterocycles. The van der Waals surface area contributed by atoms with Crippen molar-refractivity contribution in [3.8, 4) is 0 Å². The Labute approximate surface area is 113 Å². The second-order valence-electron chi connectivity index (χ2n) is 5.41. The van der Waals surface area contributed by atoms with Crippen LogP contribution in [-0.2, 0) is 19.4 Å². The molecule has 0 aromatic carbocycles. The molecule has 0 aromatic rings. The zero-order valence-electron chi connectivity index (χ0n) is 11.1. The van der Waals surface area contributed by atoms with Crippen molar-refractivity contribution in [2.24, 2.45) is 5.92 Å². The average molecular weight is 288 g/mol. The summed E-state index contributed by atoms with van der Waals surface area (Å²) >= 11 is 0. The molecule has 19 heavy (non-hydrogen) atoms. The Kier molecular flexibility index (Phi) is 4.13. The van der Waals surface area contributed by atoms with Gasteiger partial charge in [-0.3, -0.25) is 9.59 Å². The molecular weight excluding hydrogens is 268 g/mol. The molecule has 2 aliphatic rings. The SMILES string of the molecule is CN(C(=O)CNC(=O)C1CCC1)C1CCS(=O)(=O)C1. The molecular formula is C12H20N2O4S. The van der Waals surface area contributed by atoms with Gasteiger partial charge in [-0.2, -0.15) is 0 Å². The van der Waals surface area contributed by atoms with Gasteiger partial charge in [-0.25, -0.2) is 8.42 Å². The zero-order valence-corrected chi connectivity index (χ0v) is 11.9. The lowest BCUT2D eigenvalue weighted by atomic mass is 9.85. The third-order valence-electron chi connectivity index (χ3n) is 4.04. The molecule has 1 saturated heterocycles. The van der Waals surface area contributed by atoms with Crippen LogP contribution in [0.25, 0.3) is 0 Å². The standard InChI is InChI=1S/C12H20N2O4S/c1-14(10-5-6-19(17,18)8-10)11(15)7-13-12(16)9-3-2-4-9/h9-10H,2-8H2,1H3,(H,13,16). The van der Waals surface area contributed by atoms with Gasteiger partial charge < -0.3 is 10.2 Å². The summed E-state index contributed by atoms with van der Waals surface area (Å²) in [7, 11) is -1.39. The highest BCUT2D eigenvalue weighted by Gasteiger charge is 2.33. The Morgan fingerprint density at radius 3 is 2.42 bits per heavy atom. The van der Waals surface area contributed by atoms with Gasteiger partial charge in [0.15, 0.2) is 9.84 Å². The topological polar surface area (TPSA) is 83.6 Å². The summed E-state index contributed by atoms with van der Waals surface area (Å²) in [5.74, 6) is -0.0537. The summed E-state index contributed by atoms with van der Waals surface area (Å²) in [6, 6.07) is -0.252. The Hall–Kier alpha value is -1.11. The summed E-state index contributed by atoms with van der Waals surface area (Å²) in [6.45, 7) is -0.0393. The van der Waals surface area contributed by atoms with E-state index in [1.807, 2.05) is 0 Å². The van der Waals surface area contributed by atoms with Crippen molar-refractivity contribution < 1.29 is 18.0 Å². The first-order chi connectivity index (χ1) is 8.89. The van der Waals surface area contributed by atoms with Crippen LogP contribution in [0, 0.1) is 5.92 Å². The van der Waals surface area contributed by atoms with E-state index < -0.39 is 9.84 Å². The quantitative estimate of drug-likeness (QED) is 0.759. The number of nitrogens with one attached hydrogen (secondary N) is 1. The lowest BCUT2D eigenvalue weighted by molar-refractivity contribution is -0.135. The summed E-state index contributed by atoms with van der Waals surface area (Å²) in [6.07, 6.45) is 3.36. The van der Waals surface area contributed by atoms with Crippen molar-refractivity contribution in [3.63, 3.8) is 0 Å². The maximum atomic E-state index is 11.9. The van der Waals surface area contributed by atoms with E-state index in [1.54, 1.807) is 7.05 Å². The van der Waals surface area contributed by atoms with Crippen molar-refractivity contribution in [2.45, 2.75) is 31.7 Å². The fraction of sp³-hybridized carbons (Fsp3) is 0.833. The number of amides is 2. The summed E-state index contributed by atoms with van der Waals surface area (Å²) in [5, 5.41) is 2.63. The second kappa shape index (κ2) is 5.48. The molecule has 108 valence electrons. The van der Waals surface area contributed by atoms with Crippen LogP contribution in [0.2, 0.25) is 0 Å². The molecule has 1 atom stereocenters. The van der Waals surface area contributed by atoms with Crippen LogP contribution in [0.3, 0.4) is 0 Å². The number of hydrogen-bond acceptors (Lipinski definition) is 4. The molecule has 1 aliphatic carbocycles. The number of sulfone groups is 1. The Morgan fingerprint density at radius 2 is 1.95 bits per heavy atom. The maximum absolute atomic E-state index is 11.9. The molecule has 0 spiro atoms. The monoisotopic (exact) mass is 288 g/mol. The first-order valence-electron chi connectivity index (χ1n) is 6.63. The Bertz CT molecular complexity index is 470. The highest BCUT2D eigenvalue weighted by atomic mass is 32.2. The van der Waals surface area contributed by atoms with E-state index in [4.69, 9.17) is 0 Å². The van der Waals surface area contributed by atoms with Gasteiger partial charge in [-0.15, -0.1) is 0 Å². The number of rotatable bonds is 4. The van der Waals surface area contributed by atoms with E-state index in [1.165, 1.54) is 4.90 Å². The van der Waals surface area contributed by atoms with Crippen molar-refractivity contribution in [1.29, 1.82) is 0 Å². The van der Waals surface area contributed by atoms with Crippen molar-refractivity contribution in [3.05, 3.63) is 0 Å². The summed E-state index contributed by atoms with van der Waals surface area (Å²) < 4.78 is 22.7. The fourth-order valence-electron chi connectivity index (χ4n) is 2.39. The van der Waals surface area contributed by atoms with Crippen LogP contribution in [0.5, 0.6) is 0 Å². The van der Waals surface area contributed by atoms with Gasteiger partial charge in [0.05, 0.1) is 18.1 Å². The van der Waals surface area contributed by atoms with E-state index in [0.29, 0.717) is 6.42 Å². The minimum Gasteiger partial charge on any atom is -0.347 e. The van der Waals surface area contributed by atoms with Gasteiger partial charge in [0.1, 0.15) is 0 Å². The van der Waals surface area contributed by atoms with Gasteiger partial charge in [-0.1, -0.05) is 6.42 Å². The largest absolute Gasteiger partial charge is 0.347 e. The molecule has 2 amide bonds. The molecule has 1 saturated carbocycles. The van der Waals surface area contributed by atoms with Gasteiger partial charge in [-0.05, 0) is 19.3 Å². The normalized spacial score (nSPS) is 25.6. The van der Waals surface area contributed by atoms with E-state index in [0.717, 1.165) is 19.3 Å². The number of likely N-dealkylation sites (N-methyl/N-ethyl adjacent to an activating group) is 1. The first-order valence-corrected chi connectivity index (χ1v) is 8.45. The maximum Gasteiger partial charge on any atom is 0.241 e. The van der Waals surface area contributed by atoms with Crippen LogP contribution in [0.1, 0.15) is 25.7 Å². The number of hydrogen-bond donors (Lipinski definition) is 1. The minimum absolute atomic E-state index is 0.0335. The second-order valence-corrected chi connectivity index (χ2v) is 7.64. The smallest absolute Gasteiger partial charge is 0.241 e. The third kappa shape index (κ3) is 3.46. The van der Waals surface area contributed by atoms with E-state index in [-0.39, 0.29) is 41.8 Å². The van der Waals surface area contributed by atoms with E-state index in [2.05, 4.69) is 5.32 Å². The molecule has 2 rings (SSSR count). The highest BCUT2D eigenvalue weighted by molar-refractivity contribution is 7.91. The van der Waals surface area contributed by atoms with Gasteiger partial charge in [0.2, 0.25) is 11.8 Å². The summed E-state index contributed by atoms with van der Waals surface area (Å²) in [4.78, 5) is 24.9. The molecule has 1 N–H and O–H groups in total. The molecule has 0 bridgehead atoms. The minimum atomic E-state index is -2.99. The first kappa shape index (κ1) is 14.3. The third-order valence-corrected chi connectivity index (χ3v) is 5.79. The number of carbonyl (C=O) groups is 2. The average Bonchev–Trinajstić information content (AvgIpc) is 2.63. The van der Waals surface area contributed by atoms with Crippen molar-refractivity contribution in [1.82, 2.24) is 10.2 Å². The molecule has 6 nitrogen and oxygen atoms in total. The van der Waals surface area contributed by atoms with Gasteiger partial charge in [0.25, 0.3) is 0 Å². The van der Waals surface area contributed by atoms with Crippen LogP contribution in [0.4, 0.5) is 0 Å². The van der Waals surface area contributed by atoms with Crippen LogP contribution in [0.15, 0.2) is 0 Å². The van der Waals surface area contributed by atoms with Crippen molar-refractivity contribution >= 4 is 21.7 Å². The lowest BCUT2D eigenvalue weighted by Gasteiger charge is -2.26. The highest BCUT2D eigenvalue weighted by Crippen LogP contribution is 2.26. The van der Waals surface area contributed by atoms with Gasteiger partial charge >= 0.3 is 0 Å². The number of nitrogens with zero attached hydrogens (tertiary/aromatic N) is 1. The Morgan fingerprint density at radius 1 is 1.26 bits per heavy atom. The number of carbonyl (C=O) groups excluding carboxylic acids is 2. The van der Waals surface area contributed by atoms with E-state index >= 15 is 0 Å². The molecule has 1 unspecified atom stereocenters. The Balaban J connectivity index is 1.78. The van der Waals surface area contributed by atoms with Crippen molar-refractivity contribution in [2.75, 3.05) is 25.1 Å². The van der Waals surface area contributed by atoms with Gasteiger partial charge in [0, 0.05) is 19.0 Å². The van der Waals surface area contributed by atoms with Crippen LogP contribution in [-0.4, -0.2) is 56.3 Å². The zero-order chi connectivity index (χ0) is 14.0.